The number of hydrogen-bond acceptors (Lipinski definition) is 7. The molecule has 20 heavy (non-hydrogen) atoms. The van der Waals surface area contributed by atoms with Crippen molar-refractivity contribution in [3.05, 3.63) is 21.9 Å². The first-order chi connectivity index (χ1) is 9.81. The highest BCUT2D eigenvalue weighted by Gasteiger charge is 2.15. The highest BCUT2D eigenvalue weighted by atomic mass is 35.5. The summed E-state index contributed by atoms with van der Waals surface area (Å²) in [6.45, 7) is 2.60. The summed E-state index contributed by atoms with van der Waals surface area (Å²) in [6, 6.07) is 0. The van der Waals surface area contributed by atoms with E-state index >= 15 is 0 Å². The van der Waals surface area contributed by atoms with Crippen LogP contribution in [0.1, 0.15) is 24.1 Å². The van der Waals surface area contributed by atoms with Crippen molar-refractivity contribution in [2.45, 2.75) is 25.8 Å². The van der Waals surface area contributed by atoms with Gasteiger partial charge in [-0.15, -0.1) is 11.3 Å². The van der Waals surface area contributed by atoms with Gasteiger partial charge in [0.15, 0.2) is 0 Å². The molecule has 3 rings (SSSR count). The van der Waals surface area contributed by atoms with Crippen molar-refractivity contribution < 1.29 is 0 Å². The van der Waals surface area contributed by atoms with Crippen LogP contribution in [0.15, 0.2) is 11.7 Å². The fourth-order valence-electron chi connectivity index (χ4n) is 2.15. The summed E-state index contributed by atoms with van der Waals surface area (Å²) >= 11 is 7.58. The molecule has 0 radical (unpaired) electrons. The number of rotatable bonds is 4. The number of nitrogens with one attached hydrogen (secondary N) is 1. The fourth-order valence-corrected chi connectivity index (χ4v) is 2.84. The molecule has 1 aliphatic heterocycles. The van der Waals surface area contributed by atoms with Crippen LogP contribution in [0.3, 0.4) is 0 Å². The molecule has 0 amide bonds. The first-order valence-corrected chi connectivity index (χ1v) is 7.85. The predicted molar refractivity (Wildman–Crippen MR) is 80.3 cm³/mol. The van der Waals surface area contributed by atoms with E-state index < -0.39 is 0 Å². The summed E-state index contributed by atoms with van der Waals surface area (Å²) in [7, 11) is 0. The van der Waals surface area contributed by atoms with Gasteiger partial charge in [-0.2, -0.15) is 15.0 Å². The summed E-state index contributed by atoms with van der Waals surface area (Å²) in [5, 5.41) is 3.39. The van der Waals surface area contributed by atoms with Crippen LogP contribution in [-0.2, 0) is 6.54 Å². The van der Waals surface area contributed by atoms with Crippen molar-refractivity contribution >= 4 is 34.8 Å². The summed E-state index contributed by atoms with van der Waals surface area (Å²) in [6.07, 6.45) is 5.44. The summed E-state index contributed by atoms with van der Waals surface area (Å²) in [5.74, 6) is 1.18. The molecule has 1 aliphatic rings. The summed E-state index contributed by atoms with van der Waals surface area (Å²) < 4.78 is 0. The number of aromatic nitrogens is 4. The molecule has 106 valence electrons. The lowest BCUT2D eigenvalue weighted by Crippen LogP contribution is -2.31. The Morgan fingerprint density at radius 1 is 1.20 bits per heavy atom. The normalized spacial score (nSPS) is 15.3. The highest BCUT2D eigenvalue weighted by Crippen LogP contribution is 2.19. The van der Waals surface area contributed by atoms with E-state index in [1.807, 2.05) is 6.20 Å². The lowest BCUT2D eigenvalue weighted by molar-refractivity contribution is 0.567. The zero-order chi connectivity index (χ0) is 13.8. The molecule has 8 heteroatoms. The number of hydrogen-bond donors (Lipinski definition) is 1. The van der Waals surface area contributed by atoms with Crippen molar-refractivity contribution in [1.29, 1.82) is 0 Å². The van der Waals surface area contributed by atoms with Crippen molar-refractivity contribution in [2.24, 2.45) is 0 Å². The van der Waals surface area contributed by atoms with Gasteiger partial charge in [-0.25, -0.2) is 0 Å². The second kappa shape index (κ2) is 6.32. The zero-order valence-corrected chi connectivity index (χ0v) is 12.5. The van der Waals surface area contributed by atoms with Crippen LogP contribution in [0.5, 0.6) is 0 Å². The smallest absolute Gasteiger partial charge is 0.231 e. The maximum Gasteiger partial charge on any atom is 0.231 e. The molecule has 0 bridgehead atoms. The van der Waals surface area contributed by atoms with E-state index in [0.717, 1.165) is 18.0 Å². The molecule has 0 spiro atoms. The minimum atomic E-state index is 0.229. The SMILES string of the molecule is Clc1nc(NCc2cncs2)nc(N2CCCCC2)n1. The van der Waals surface area contributed by atoms with Crippen molar-refractivity contribution in [3.63, 3.8) is 0 Å². The number of anilines is 2. The topological polar surface area (TPSA) is 66.8 Å². The van der Waals surface area contributed by atoms with Crippen molar-refractivity contribution in [2.75, 3.05) is 23.3 Å². The molecule has 0 saturated carbocycles. The average Bonchev–Trinajstić information content (AvgIpc) is 2.99. The van der Waals surface area contributed by atoms with Crippen LogP contribution in [0, 0.1) is 0 Å². The van der Waals surface area contributed by atoms with Gasteiger partial charge in [0, 0.05) is 24.2 Å². The van der Waals surface area contributed by atoms with Crippen LogP contribution in [-0.4, -0.2) is 33.0 Å². The highest BCUT2D eigenvalue weighted by molar-refractivity contribution is 7.09. The van der Waals surface area contributed by atoms with Crippen molar-refractivity contribution in [3.8, 4) is 0 Å². The maximum absolute atomic E-state index is 5.99. The van der Waals surface area contributed by atoms with Gasteiger partial charge in [0.2, 0.25) is 17.2 Å². The van der Waals surface area contributed by atoms with Crippen LogP contribution in [0.4, 0.5) is 11.9 Å². The number of halogens is 1. The molecule has 0 atom stereocenters. The van der Waals surface area contributed by atoms with Crippen LogP contribution in [0.25, 0.3) is 0 Å². The molecule has 6 nitrogen and oxygen atoms in total. The third-order valence-corrected chi connectivity index (χ3v) is 4.09. The quantitative estimate of drug-likeness (QED) is 0.936. The van der Waals surface area contributed by atoms with E-state index in [9.17, 15) is 0 Å². The lowest BCUT2D eigenvalue weighted by atomic mass is 10.1. The summed E-state index contributed by atoms with van der Waals surface area (Å²) in [4.78, 5) is 20.1. The molecule has 2 aromatic rings. The Labute approximate surface area is 126 Å². The van der Waals surface area contributed by atoms with Gasteiger partial charge in [0.1, 0.15) is 0 Å². The van der Waals surface area contributed by atoms with E-state index in [4.69, 9.17) is 11.6 Å². The third-order valence-electron chi connectivity index (χ3n) is 3.14. The van der Waals surface area contributed by atoms with Gasteiger partial charge in [-0.05, 0) is 30.9 Å². The van der Waals surface area contributed by atoms with E-state index in [1.54, 1.807) is 16.8 Å². The second-order valence-electron chi connectivity index (χ2n) is 4.60. The number of nitrogens with zero attached hydrogens (tertiary/aromatic N) is 5. The molecule has 3 heterocycles. The van der Waals surface area contributed by atoms with E-state index in [1.165, 1.54) is 19.3 Å². The Balaban J connectivity index is 1.72. The fraction of sp³-hybridized carbons (Fsp3) is 0.500. The Morgan fingerprint density at radius 3 is 2.80 bits per heavy atom. The molecular formula is C12H15ClN6S. The Morgan fingerprint density at radius 2 is 2.05 bits per heavy atom. The molecule has 1 N–H and O–H groups in total. The Bertz CT molecular complexity index is 555. The van der Waals surface area contributed by atoms with E-state index in [2.05, 4.69) is 30.2 Å². The van der Waals surface area contributed by atoms with Gasteiger partial charge in [0.05, 0.1) is 12.1 Å². The van der Waals surface area contributed by atoms with E-state index in [-0.39, 0.29) is 5.28 Å². The molecule has 0 aliphatic carbocycles. The average molecular weight is 311 g/mol. The van der Waals surface area contributed by atoms with Gasteiger partial charge in [-0.1, -0.05) is 0 Å². The first kappa shape index (κ1) is 13.5. The summed E-state index contributed by atoms with van der Waals surface area (Å²) in [5.41, 5.74) is 1.80. The van der Waals surface area contributed by atoms with Gasteiger partial charge in [-0.3, -0.25) is 4.98 Å². The van der Waals surface area contributed by atoms with Crippen LogP contribution >= 0.6 is 22.9 Å². The van der Waals surface area contributed by atoms with Crippen LogP contribution in [0.2, 0.25) is 5.28 Å². The molecule has 2 aromatic heterocycles. The first-order valence-electron chi connectivity index (χ1n) is 6.59. The minimum Gasteiger partial charge on any atom is -0.349 e. The largest absolute Gasteiger partial charge is 0.349 e. The second-order valence-corrected chi connectivity index (χ2v) is 5.91. The standard InChI is InChI=1S/C12H15ClN6S/c13-10-16-11(15-7-9-6-14-8-20-9)18-12(17-10)19-4-2-1-3-5-19/h6,8H,1-5,7H2,(H,15,16,17,18). The molecule has 0 unspecified atom stereocenters. The maximum atomic E-state index is 5.99. The monoisotopic (exact) mass is 310 g/mol. The molecule has 1 fully saturated rings. The van der Waals surface area contributed by atoms with Gasteiger partial charge >= 0.3 is 0 Å². The Hall–Kier alpha value is -1.47. The number of thiazole rings is 1. The third kappa shape index (κ3) is 3.34. The molecule has 0 aromatic carbocycles. The van der Waals surface area contributed by atoms with Gasteiger partial charge in [0.25, 0.3) is 0 Å². The Kier molecular flexibility index (Phi) is 4.27. The van der Waals surface area contributed by atoms with Crippen molar-refractivity contribution in [1.82, 2.24) is 19.9 Å². The molecule has 1 saturated heterocycles. The van der Waals surface area contributed by atoms with Crippen LogP contribution < -0.4 is 10.2 Å². The van der Waals surface area contributed by atoms with Gasteiger partial charge < -0.3 is 10.2 Å². The number of piperidine rings is 1. The zero-order valence-electron chi connectivity index (χ0n) is 10.9. The lowest BCUT2D eigenvalue weighted by Gasteiger charge is -2.26. The predicted octanol–water partition coefficient (Wildman–Crippen LogP) is 2.58. The molecular weight excluding hydrogens is 296 g/mol. The van der Waals surface area contributed by atoms with E-state index in [0.29, 0.717) is 18.4 Å². The minimum absolute atomic E-state index is 0.229.